The van der Waals surface area contributed by atoms with Gasteiger partial charge in [-0.3, -0.25) is 4.79 Å². The Hall–Kier alpha value is -1.31. The second-order valence-corrected chi connectivity index (χ2v) is 9.35. The van der Waals surface area contributed by atoms with Gasteiger partial charge in [0, 0.05) is 11.5 Å². The van der Waals surface area contributed by atoms with Crippen LogP contribution in [0.15, 0.2) is 18.2 Å². The van der Waals surface area contributed by atoms with Gasteiger partial charge in [0.2, 0.25) is 0 Å². The highest BCUT2D eigenvalue weighted by Crippen LogP contribution is 2.61. The van der Waals surface area contributed by atoms with Gasteiger partial charge in [0.15, 0.2) is 5.78 Å². The Morgan fingerprint density at radius 1 is 1.12 bits per heavy atom. The number of Topliss-reactive ketones (excluding diaryl/α,β-unsaturated/α-hetero) is 1. The average Bonchev–Trinajstić information content (AvgIpc) is 2.44. The number of rotatable bonds is 2. The lowest BCUT2D eigenvalue weighted by molar-refractivity contribution is -0.0796. The van der Waals surface area contributed by atoms with Crippen molar-refractivity contribution in [1.29, 1.82) is 0 Å². The van der Waals surface area contributed by atoms with Crippen LogP contribution in [0, 0.1) is 35.5 Å². The predicted octanol–water partition coefficient (Wildman–Crippen LogP) is 5.76. The Morgan fingerprint density at radius 3 is 2.50 bits per heavy atom. The molecule has 2 nitrogen and oxygen atoms in total. The van der Waals surface area contributed by atoms with Crippen molar-refractivity contribution >= 4 is 5.78 Å². The van der Waals surface area contributed by atoms with Crippen LogP contribution in [-0.2, 0) is 0 Å². The zero-order chi connectivity index (χ0) is 17.7. The van der Waals surface area contributed by atoms with E-state index in [-0.39, 0.29) is 22.9 Å². The highest BCUT2D eigenvalue weighted by Gasteiger charge is 2.55. The van der Waals surface area contributed by atoms with E-state index in [1.165, 1.54) is 19.3 Å². The van der Waals surface area contributed by atoms with Gasteiger partial charge in [-0.25, -0.2) is 0 Å². The lowest BCUT2D eigenvalue weighted by atomic mass is 9.46. The van der Waals surface area contributed by atoms with Crippen LogP contribution in [0.4, 0.5) is 0 Å². The molecule has 1 aromatic carbocycles. The van der Waals surface area contributed by atoms with E-state index in [4.69, 9.17) is 0 Å². The molecule has 0 aliphatic heterocycles. The van der Waals surface area contributed by atoms with Crippen LogP contribution in [0.5, 0.6) is 5.75 Å². The number of fused-ring (bicyclic) bond motifs is 1. The van der Waals surface area contributed by atoms with Gasteiger partial charge in [-0.15, -0.1) is 0 Å². The summed E-state index contributed by atoms with van der Waals surface area (Å²) in [4.78, 5) is 13.5. The predicted molar refractivity (Wildman–Crippen MR) is 98.3 cm³/mol. The first-order chi connectivity index (χ1) is 11.1. The summed E-state index contributed by atoms with van der Waals surface area (Å²) in [6, 6.07) is 5.31. The van der Waals surface area contributed by atoms with Crippen molar-refractivity contribution in [3.63, 3.8) is 0 Å². The molecule has 0 radical (unpaired) electrons. The minimum absolute atomic E-state index is 0.0667. The number of hydrogen-bond acceptors (Lipinski definition) is 2. The van der Waals surface area contributed by atoms with Crippen LogP contribution < -0.4 is 0 Å². The number of aryl methyl sites for hydroxylation is 1. The van der Waals surface area contributed by atoms with E-state index in [1.807, 2.05) is 13.0 Å². The van der Waals surface area contributed by atoms with E-state index in [9.17, 15) is 9.90 Å². The number of phenolic OH excluding ortho intramolecular Hbond substituents is 1. The fourth-order valence-electron chi connectivity index (χ4n) is 6.15. The maximum absolute atomic E-state index is 13.5. The quantitative estimate of drug-likeness (QED) is 0.701. The standard InChI is InChI=1S/C22H32O2/c1-14-11-16(13-17(23)12-14)20(24)19-15(2)7-8-18-21(3,4)9-6-10-22(18,19)5/h11-13,15,18-19,23H,6-10H2,1-5H3/t15-,18-,19+,22-/m0/s1. The molecule has 1 aromatic rings. The first-order valence-electron chi connectivity index (χ1n) is 9.50. The molecule has 0 amide bonds. The Bertz CT molecular complexity index is 625. The minimum atomic E-state index is 0.0667. The van der Waals surface area contributed by atoms with Crippen molar-refractivity contribution in [1.82, 2.24) is 0 Å². The summed E-state index contributed by atoms with van der Waals surface area (Å²) in [5.74, 6) is 1.54. The van der Waals surface area contributed by atoms with Crippen molar-refractivity contribution in [3.8, 4) is 5.75 Å². The van der Waals surface area contributed by atoms with Crippen LogP contribution in [0.1, 0.15) is 75.7 Å². The van der Waals surface area contributed by atoms with Crippen LogP contribution in [0.2, 0.25) is 0 Å². The number of carbonyl (C=O) groups excluding carboxylic acids is 1. The highest BCUT2D eigenvalue weighted by atomic mass is 16.3. The largest absolute Gasteiger partial charge is 0.508 e. The third-order valence-electron chi connectivity index (χ3n) is 7.10. The molecule has 0 saturated heterocycles. The zero-order valence-corrected chi connectivity index (χ0v) is 15.9. The Balaban J connectivity index is 2.02. The molecule has 0 aromatic heterocycles. The number of carbonyl (C=O) groups is 1. The van der Waals surface area contributed by atoms with Gasteiger partial charge in [0.05, 0.1) is 0 Å². The average molecular weight is 328 g/mol. The molecule has 2 aliphatic rings. The van der Waals surface area contributed by atoms with Crippen molar-refractivity contribution < 1.29 is 9.90 Å². The first-order valence-corrected chi connectivity index (χ1v) is 9.50. The summed E-state index contributed by atoms with van der Waals surface area (Å²) in [6.45, 7) is 11.3. The fraction of sp³-hybridized carbons (Fsp3) is 0.682. The monoisotopic (exact) mass is 328 g/mol. The van der Waals surface area contributed by atoms with E-state index in [0.29, 0.717) is 22.8 Å². The Labute approximate surface area is 146 Å². The van der Waals surface area contributed by atoms with Gasteiger partial charge in [-0.05, 0) is 79.0 Å². The van der Waals surface area contributed by atoms with Crippen LogP contribution in [-0.4, -0.2) is 10.9 Å². The maximum atomic E-state index is 13.5. The molecule has 0 unspecified atom stereocenters. The summed E-state index contributed by atoms with van der Waals surface area (Å²) in [7, 11) is 0. The number of benzene rings is 1. The van der Waals surface area contributed by atoms with Crippen LogP contribution >= 0.6 is 0 Å². The zero-order valence-electron chi connectivity index (χ0n) is 15.9. The van der Waals surface area contributed by atoms with Gasteiger partial charge in [0.25, 0.3) is 0 Å². The van der Waals surface area contributed by atoms with Gasteiger partial charge >= 0.3 is 0 Å². The first kappa shape index (κ1) is 17.5. The summed E-state index contributed by atoms with van der Waals surface area (Å²) in [5, 5.41) is 9.93. The molecule has 0 spiro atoms. The maximum Gasteiger partial charge on any atom is 0.166 e. The van der Waals surface area contributed by atoms with Crippen molar-refractivity contribution in [3.05, 3.63) is 29.3 Å². The van der Waals surface area contributed by atoms with Crippen LogP contribution in [0.25, 0.3) is 0 Å². The summed E-state index contributed by atoms with van der Waals surface area (Å²) in [5.41, 5.74) is 2.04. The van der Waals surface area contributed by atoms with Crippen LogP contribution in [0.3, 0.4) is 0 Å². The molecular formula is C22H32O2. The molecule has 3 rings (SSSR count). The van der Waals surface area contributed by atoms with Gasteiger partial charge in [0.1, 0.15) is 5.75 Å². The van der Waals surface area contributed by atoms with E-state index in [2.05, 4.69) is 27.7 Å². The second kappa shape index (κ2) is 5.89. The molecule has 2 saturated carbocycles. The third kappa shape index (κ3) is 2.78. The number of ketones is 1. The third-order valence-corrected chi connectivity index (χ3v) is 7.10. The van der Waals surface area contributed by atoms with E-state index in [0.717, 1.165) is 18.4 Å². The molecule has 2 heteroatoms. The van der Waals surface area contributed by atoms with Crippen molar-refractivity contribution in [2.24, 2.45) is 28.6 Å². The number of hydrogen-bond donors (Lipinski definition) is 1. The van der Waals surface area contributed by atoms with Crippen molar-refractivity contribution in [2.75, 3.05) is 0 Å². The van der Waals surface area contributed by atoms with Gasteiger partial charge < -0.3 is 5.11 Å². The SMILES string of the molecule is Cc1cc(O)cc(C(=O)[C@H]2[C@@H](C)CC[C@H]3C(C)(C)CCC[C@]23C)c1. The Kier molecular flexibility index (Phi) is 4.30. The summed E-state index contributed by atoms with van der Waals surface area (Å²) in [6.07, 6.45) is 6.02. The molecule has 0 heterocycles. The lowest BCUT2D eigenvalue weighted by Crippen LogP contribution is -2.53. The van der Waals surface area contributed by atoms with E-state index in [1.54, 1.807) is 12.1 Å². The smallest absolute Gasteiger partial charge is 0.166 e. The Morgan fingerprint density at radius 2 is 1.83 bits per heavy atom. The van der Waals surface area contributed by atoms with E-state index < -0.39 is 0 Å². The van der Waals surface area contributed by atoms with Crippen molar-refractivity contribution in [2.45, 2.75) is 66.7 Å². The molecule has 0 bridgehead atoms. The van der Waals surface area contributed by atoms with Gasteiger partial charge in [-0.1, -0.05) is 34.1 Å². The lowest BCUT2D eigenvalue weighted by Gasteiger charge is -2.58. The number of phenols is 1. The highest BCUT2D eigenvalue weighted by molar-refractivity contribution is 5.99. The van der Waals surface area contributed by atoms with Gasteiger partial charge in [-0.2, -0.15) is 0 Å². The summed E-state index contributed by atoms with van der Waals surface area (Å²) >= 11 is 0. The molecule has 24 heavy (non-hydrogen) atoms. The summed E-state index contributed by atoms with van der Waals surface area (Å²) < 4.78 is 0. The van der Waals surface area contributed by atoms with E-state index >= 15 is 0 Å². The molecule has 4 atom stereocenters. The molecule has 132 valence electrons. The number of aromatic hydroxyl groups is 1. The second-order valence-electron chi connectivity index (χ2n) is 9.35. The molecule has 2 fully saturated rings. The molecule has 1 N–H and O–H groups in total. The fourth-order valence-corrected chi connectivity index (χ4v) is 6.15. The normalized spacial score (nSPS) is 35.3. The minimum Gasteiger partial charge on any atom is -0.508 e. The molecular weight excluding hydrogens is 296 g/mol. The topological polar surface area (TPSA) is 37.3 Å². The molecule has 2 aliphatic carbocycles.